The molecule has 0 aliphatic carbocycles. The zero-order chi connectivity index (χ0) is 38.6. The average Bonchev–Trinajstić information content (AvgIpc) is 3.61. The van der Waals surface area contributed by atoms with Crippen LogP contribution in [0.1, 0.15) is 39.8 Å². The first kappa shape index (κ1) is 40.2. The Bertz CT molecular complexity index is 1920. The van der Waals surface area contributed by atoms with E-state index in [2.05, 4.69) is 15.0 Å². The molecule has 1 aromatic heterocycles. The minimum atomic E-state index is -4.02. The molecule has 3 aromatic rings. The molecule has 3 heterocycles. The predicted octanol–water partition coefficient (Wildman–Crippen LogP) is 4.92. The van der Waals surface area contributed by atoms with Crippen LogP contribution >= 0.6 is 31.4 Å². The SMILES string of the molecule is CC(C)OC(=O)[C@H](C)N=[P+]([O-])Oc1cccc(Oc2ccc(Cl)cc2Cl)c1OC[C@H]1OC(n2ccc(NC(=O)[C@@H]3CCCN3C)nc2=O)C(F)(F)[C@@H]1O. The third kappa shape index (κ3) is 9.59. The number of rotatable bonds is 13. The van der Waals surface area contributed by atoms with Crippen molar-refractivity contribution in [2.45, 2.75) is 76.2 Å². The molecule has 15 nitrogen and oxygen atoms in total. The van der Waals surface area contributed by atoms with Crippen LogP contribution < -0.4 is 29.9 Å². The first-order valence-electron chi connectivity index (χ1n) is 16.3. The topological polar surface area (TPSA) is 186 Å². The first-order chi connectivity index (χ1) is 25.0. The summed E-state index contributed by atoms with van der Waals surface area (Å²) in [6.45, 7) is 4.58. The highest BCUT2D eigenvalue weighted by molar-refractivity contribution is 7.34. The predicted molar refractivity (Wildman–Crippen MR) is 187 cm³/mol. The number of amides is 1. The molecule has 6 atom stereocenters. The summed E-state index contributed by atoms with van der Waals surface area (Å²) in [6.07, 6.45) is -4.58. The lowest BCUT2D eigenvalue weighted by molar-refractivity contribution is -0.170. The lowest BCUT2D eigenvalue weighted by Crippen LogP contribution is -2.42. The molecule has 2 aromatic carbocycles. The Hall–Kier alpha value is -3.96. The number of carbonyl (C=O) groups is 2. The number of hydrogen-bond acceptors (Lipinski definition) is 13. The van der Waals surface area contributed by atoms with Gasteiger partial charge in [-0.25, -0.2) is 9.59 Å². The van der Waals surface area contributed by atoms with Gasteiger partial charge in [-0.3, -0.25) is 18.8 Å². The van der Waals surface area contributed by atoms with Gasteiger partial charge < -0.3 is 34.3 Å². The van der Waals surface area contributed by atoms with Crippen molar-refractivity contribution < 1.29 is 51.8 Å². The third-order valence-electron chi connectivity index (χ3n) is 8.12. The lowest BCUT2D eigenvalue weighted by atomic mass is 10.1. The number of nitrogens with zero attached hydrogens (tertiary/aromatic N) is 4. The van der Waals surface area contributed by atoms with Gasteiger partial charge in [-0.2, -0.15) is 13.8 Å². The largest absolute Gasteiger partial charge is 0.575 e. The summed E-state index contributed by atoms with van der Waals surface area (Å²) in [7, 11) is -1.14. The molecule has 0 bridgehead atoms. The van der Waals surface area contributed by atoms with Gasteiger partial charge in [0.25, 0.3) is 0 Å². The Balaban J connectivity index is 1.37. The number of anilines is 1. The van der Waals surface area contributed by atoms with Crippen LogP contribution in [0.2, 0.25) is 10.0 Å². The number of aliphatic hydroxyl groups excluding tert-OH is 1. The van der Waals surface area contributed by atoms with Crippen molar-refractivity contribution in [3.63, 3.8) is 0 Å². The number of nitrogens with one attached hydrogen (secondary N) is 1. The number of alkyl halides is 2. The Kier molecular flexibility index (Phi) is 12.9. The molecule has 20 heteroatoms. The minimum Gasteiger partial charge on any atom is -0.575 e. The monoisotopic (exact) mass is 801 g/mol. The summed E-state index contributed by atoms with van der Waals surface area (Å²) in [5.41, 5.74) is -1.17. The second-order valence-corrected chi connectivity index (χ2v) is 14.2. The normalized spacial score (nSPS) is 22.1. The Morgan fingerprint density at radius 1 is 1.19 bits per heavy atom. The molecular weight excluding hydrogens is 766 g/mol. The number of carbonyl (C=O) groups excluding carboxylic acids is 2. The van der Waals surface area contributed by atoms with Crippen molar-refractivity contribution in [2.75, 3.05) is 25.5 Å². The number of likely N-dealkylation sites (tertiary alicyclic amines) is 1. The standard InChI is InChI=1S/C33H36Cl2F2N5O10P/c1-17(2)49-30(45)18(3)40-53(47)52-24-9-5-8-23(50-22-11-10-19(34)15-20(22)35)27(24)48-16-25-28(43)33(36,37)31(51-25)42-14-12-26(39-32(42)46)38-29(44)21-7-6-13-41(21)4/h5,8-12,14-15,17-18,21,25,28,31,43H,6-7,13,16H2,1-4H3,(H,38,39,44,46)/t18-,21-,25+,28+,31?/m0/s1. The fourth-order valence-electron chi connectivity index (χ4n) is 5.48. The molecule has 2 unspecified atom stereocenters. The van der Waals surface area contributed by atoms with Crippen LogP contribution in [0.3, 0.4) is 0 Å². The molecule has 5 rings (SSSR count). The van der Waals surface area contributed by atoms with Gasteiger partial charge >= 0.3 is 25.7 Å². The second kappa shape index (κ2) is 17.0. The lowest BCUT2D eigenvalue weighted by Gasteiger charge is -2.21. The molecule has 0 radical (unpaired) electrons. The minimum absolute atomic E-state index is 0.0972. The molecule has 2 aliphatic rings. The molecule has 0 spiro atoms. The molecule has 2 saturated heterocycles. The van der Waals surface area contributed by atoms with Crippen LogP contribution in [-0.4, -0.2) is 88.0 Å². The van der Waals surface area contributed by atoms with Crippen LogP contribution in [-0.2, 0) is 19.1 Å². The number of ether oxygens (including phenoxy) is 4. The summed E-state index contributed by atoms with van der Waals surface area (Å²) in [5, 5.41) is 13.6. The van der Waals surface area contributed by atoms with Gasteiger partial charge in [-0.1, -0.05) is 34.0 Å². The quantitative estimate of drug-likeness (QED) is 0.176. The second-order valence-electron chi connectivity index (χ2n) is 12.5. The zero-order valence-electron chi connectivity index (χ0n) is 28.8. The third-order valence-corrected chi connectivity index (χ3v) is 9.54. The highest BCUT2D eigenvalue weighted by Gasteiger charge is 2.60. The summed E-state index contributed by atoms with van der Waals surface area (Å²) in [4.78, 5) is 56.2. The summed E-state index contributed by atoms with van der Waals surface area (Å²) in [6, 6.07) is 8.07. The Morgan fingerprint density at radius 2 is 1.92 bits per heavy atom. The van der Waals surface area contributed by atoms with Gasteiger partial charge in [0.15, 0.2) is 17.9 Å². The van der Waals surface area contributed by atoms with E-state index in [9.17, 15) is 24.4 Å². The van der Waals surface area contributed by atoms with E-state index in [4.69, 9.17) is 46.7 Å². The molecule has 0 saturated carbocycles. The van der Waals surface area contributed by atoms with Crippen LogP contribution in [0, 0.1) is 0 Å². The highest BCUT2D eigenvalue weighted by Crippen LogP contribution is 2.46. The smallest absolute Gasteiger partial charge is 0.395 e. The van der Waals surface area contributed by atoms with Gasteiger partial charge in [0, 0.05) is 11.2 Å². The van der Waals surface area contributed by atoms with E-state index in [0.29, 0.717) is 16.0 Å². The van der Waals surface area contributed by atoms with Gasteiger partial charge in [0.2, 0.25) is 23.6 Å². The summed E-state index contributed by atoms with van der Waals surface area (Å²) in [5.74, 6) is -5.83. The number of likely N-dealkylation sites (N-methyl/N-ethyl adjacent to an activating group) is 1. The van der Waals surface area contributed by atoms with E-state index >= 15 is 8.78 Å². The van der Waals surface area contributed by atoms with Crippen LogP contribution in [0.25, 0.3) is 0 Å². The van der Waals surface area contributed by atoms with E-state index < -0.39 is 74.9 Å². The Labute approximate surface area is 313 Å². The number of halogens is 4. The van der Waals surface area contributed by atoms with Crippen LogP contribution in [0.15, 0.2) is 58.2 Å². The highest BCUT2D eigenvalue weighted by atomic mass is 35.5. The number of aliphatic hydroxyl groups is 1. The van der Waals surface area contributed by atoms with Crippen molar-refractivity contribution in [3.8, 4) is 23.0 Å². The van der Waals surface area contributed by atoms with Crippen molar-refractivity contribution in [1.29, 1.82) is 0 Å². The zero-order valence-corrected chi connectivity index (χ0v) is 31.2. The maximum absolute atomic E-state index is 15.5. The average molecular weight is 803 g/mol. The number of benzene rings is 2. The molecule has 1 amide bonds. The fraction of sp³-hybridized carbons (Fsp3) is 0.455. The molecule has 2 aliphatic heterocycles. The number of hydrogen-bond donors (Lipinski definition) is 2. The van der Waals surface area contributed by atoms with Crippen molar-refractivity contribution >= 4 is 49.1 Å². The number of esters is 1. The number of aromatic nitrogens is 2. The van der Waals surface area contributed by atoms with Gasteiger partial charge in [-0.05, 0) is 83.6 Å². The Morgan fingerprint density at radius 3 is 2.58 bits per heavy atom. The van der Waals surface area contributed by atoms with Gasteiger partial charge in [-0.15, -0.1) is 0 Å². The van der Waals surface area contributed by atoms with Gasteiger partial charge in [0.1, 0.15) is 24.3 Å². The van der Waals surface area contributed by atoms with E-state index in [1.807, 2.05) is 4.90 Å². The van der Waals surface area contributed by atoms with Crippen LogP contribution in [0.5, 0.6) is 23.0 Å². The molecule has 2 N–H and O–H groups in total. The van der Waals surface area contributed by atoms with Crippen LogP contribution in [0.4, 0.5) is 14.6 Å². The van der Waals surface area contributed by atoms with E-state index in [-0.39, 0.29) is 33.8 Å². The van der Waals surface area contributed by atoms with Crippen molar-refractivity contribution in [1.82, 2.24) is 14.5 Å². The fourth-order valence-corrected chi connectivity index (χ4v) is 6.66. The summed E-state index contributed by atoms with van der Waals surface area (Å²) < 4.78 is 63.1. The van der Waals surface area contributed by atoms with Crippen molar-refractivity contribution in [3.05, 3.63) is 69.2 Å². The molecule has 53 heavy (non-hydrogen) atoms. The number of para-hydroxylation sites is 1. The van der Waals surface area contributed by atoms with E-state index in [1.165, 1.54) is 49.4 Å². The van der Waals surface area contributed by atoms with Gasteiger partial charge in [0.05, 0.1) is 17.2 Å². The summed E-state index contributed by atoms with van der Waals surface area (Å²) >= 11 is 12.3. The molecule has 286 valence electrons. The van der Waals surface area contributed by atoms with Crippen molar-refractivity contribution in [2.24, 2.45) is 4.74 Å². The van der Waals surface area contributed by atoms with E-state index in [1.54, 1.807) is 20.9 Å². The van der Waals surface area contributed by atoms with E-state index in [0.717, 1.165) is 19.2 Å². The maximum Gasteiger partial charge on any atom is 0.395 e. The molecular formula is C33H36Cl2F2N5O10P. The first-order valence-corrected chi connectivity index (χ1v) is 18.2. The maximum atomic E-state index is 15.5. The molecule has 2 fully saturated rings.